The van der Waals surface area contributed by atoms with Crippen molar-refractivity contribution in [1.82, 2.24) is 14.9 Å². The average molecular weight is 487 g/mol. The molecule has 0 amide bonds. The van der Waals surface area contributed by atoms with Crippen molar-refractivity contribution in [2.24, 2.45) is 0 Å². The highest BCUT2D eigenvalue weighted by Gasteiger charge is 2.43. The Morgan fingerprint density at radius 3 is 2.43 bits per heavy atom. The maximum atomic E-state index is 5.89. The van der Waals surface area contributed by atoms with Crippen LogP contribution in [0.15, 0.2) is 85.2 Å². The Hall–Kier alpha value is -4.04. The molecule has 0 bridgehead atoms. The highest BCUT2D eigenvalue weighted by Crippen LogP contribution is 2.45. The van der Waals surface area contributed by atoms with Crippen LogP contribution < -0.4 is 24.4 Å². The zero-order chi connectivity index (χ0) is 24.4. The number of ether oxygens (including phenoxy) is 3. The van der Waals surface area contributed by atoms with Crippen molar-refractivity contribution in [3.63, 3.8) is 0 Å². The summed E-state index contributed by atoms with van der Waals surface area (Å²) < 4.78 is 18.8. The van der Waals surface area contributed by atoms with E-state index in [0.717, 1.165) is 28.5 Å². The Balaban J connectivity index is 1.68. The molecule has 0 aliphatic carbocycles. The molecule has 0 radical (unpaired) electrons. The zero-order valence-electron chi connectivity index (χ0n) is 19.7. The SMILES string of the molecule is COc1cccc(-n2cccc2[C@@H]2[C@H](c3ccccn3)NC(=S)N2c2ccc(OC)cc2OC)c1. The number of hydrogen-bond acceptors (Lipinski definition) is 5. The number of rotatable bonds is 7. The highest BCUT2D eigenvalue weighted by molar-refractivity contribution is 7.80. The summed E-state index contributed by atoms with van der Waals surface area (Å²) in [6, 6.07) is 23.4. The quantitative estimate of drug-likeness (QED) is 0.366. The average Bonchev–Trinajstić information content (AvgIpc) is 3.53. The van der Waals surface area contributed by atoms with Gasteiger partial charge >= 0.3 is 0 Å². The third kappa shape index (κ3) is 4.17. The molecule has 2 aromatic carbocycles. The van der Waals surface area contributed by atoms with Crippen LogP contribution >= 0.6 is 12.2 Å². The van der Waals surface area contributed by atoms with Gasteiger partial charge in [-0.3, -0.25) is 4.98 Å². The van der Waals surface area contributed by atoms with Gasteiger partial charge in [0.2, 0.25) is 0 Å². The first-order chi connectivity index (χ1) is 17.1. The lowest BCUT2D eigenvalue weighted by Crippen LogP contribution is -2.30. The molecule has 1 N–H and O–H groups in total. The van der Waals surface area contributed by atoms with Gasteiger partial charge in [-0.25, -0.2) is 0 Å². The highest BCUT2D eigenvalue weighted by atomic mass is 32.1. The van der Waals surface area contributed by atoms with E-state index in [1.54, 1.807) is 27.5 Å². The number of benzene rings is 2. The predicted octanol–water partition coefficient (Wildman–Crippen LogP) is 5.08. The molecule has 8 heteroatoms. The number of pyridine rings is 1. The van der Waals surface area contributed by atoms with E-state index < -0.39 is 0 Å². The Kier molecular flexibility index (Phi) is 6.29. The molecule has 1 aliphatic heterocycles. The summed E-state index contributed by atoms with van der Waals surface area (Å²) in [5, 5.41) is 4.10. The van der Waals surface area contributed by atoms with Crippen LogP contribution in [0, 0.1) is 0 Å². The van der Waals surface area contributed by atoms with Gasteiger partial charge in [0.1, 0.15) is 23.3 Å². The molecule has 5 rings (SSSR count). The van der Waals surface area contributed by atoms with Gasteiger partial charge in [0.05, 0.1) is 38.8 Å². The molecular formula is C27H26N4O3S. The van der Waals surface area contributed by atoms with Crippen molar-refractivity contribution in [2.45, 2.75) is 12.1 Å². The summed E-state index contributed by atoms with van der Waals surface area (Å²) in [6.45, 7) is 0. The monoisotopic (exact) mass is 486 g/mol. The molecule has 3 heterocycles. The van der Waals surface area contributed by atoms with E-state index in [-0.39, 0.29) is 12.1 Å². The molecule has 178 valence electrons. The maximum Gasteiger partial charge on any atom is 0.174 e. The van der Waals surface area contributed by atoms with Crippen molar-refractivity contribution < 1.29 is 14.2 Å². The Morgan fingerprint density at radius 1 is 0.857 bits per heavy atom. The van der Waals surface area contributed by atoms with Crippen molar-refractivity contribution in [3.05, 3.63) is 96.6 Å². The molecule has 0 saturated carbocycles. The van der Waals surface area contributed by atoms with Gasteiger partial charge in [-0.1, -0.05) is 12.1 Å². The van der Waals surface area contributed by atoms with Gasteiger partial charge in [-0.15, -0.1) is 0 Å². The Morgan fingerprint density at radius 2 is 1.69 bits per heavy atom. The van der Waals surface area contributed by atoms with Crippen LogP contribution in [0.5, 0.6) is 17.2 Å². The molecule has 1 fully saturated rings. The number of nitrogens with one attached hydrogen (secondary N) is 1. The van der Waals surface area contributed by atoms with Crippen molar-refractivity contribution in [2.75, 3.05) is 26.2 Å². The minimum atomic E-state index is -0.208. The van der Waals surface area contributed by atoms with Crippen LogP contribution in [0.2, 0.25) is 0 Å². The van der Waals surface area contributed by atoms with Crippen LogP contribution in [0.3, 0.4) is 0 Å². The van der Waals surface area contributed by atoms with E-state index in [4.69, 9.17) is 26.4 Å². The lowest BCUT2D eigenvalue weighted by molar-refractivity contribution is 0.394. The lowest BCUT2D eigenvalue weighted by atomic mass is 10.0. The number of thiocarbonyl (C=S) groups is 1. The molecule has 2 aromatic heterocycles. The van der Waals surface area contributed by atoms with E-state index in [9.17, 15) is 0 Å². The van der Waals surface area contributed by atoms with Gasteiger partial charge in [-0.2, -0.15) is 0 Å². The van der Waals surface area contributed by atoms with Gasteiger partial charge in [0.25, 0.3) is 0 Å². The lowest BCUT2D eigenvalue weighted by Gasteiger charge is -2.30. The molecule has 1 aliphatic rings. The largest absolute Gasteiger partial charge is 0.497 e. The molecule has 0 unspecified atom stereocenters. The molecule has 35 heavy (non-hydrogen) atoms. The van der Waals surface area contributed by atoms with E-state index in [0.29, 0.717) is 16.6 Å². The zero-order valence-corrected chi connectivity index (χ0v) is 20.5. The van der Waals surface area contributed by atoms with E-state index in [1.807, 2.05) is 66.9 Å². The van der Waals surface area contributed by atoms with Gasteiger partial charge in [-0.05, 0) is 60.7 Å². The topological polar surface area (TPSA) is 60.8 Å². The number of aromatic nitrogens is 2. The predicted molar refractivity (Wildman–Crippen MR) is 140 cm³/mol. The molecular weight excluding hydrogens is 460 g/mol. The molecule has 0 spiro atoms. The second-order valence-corrected chi connectivity index (χ2v) is 8.43. The first-order valence-electron chi connectivity index (χ1n) is 11.2. The van der Waals surface area contributed by atoms with Crippen LogP contribution in [-0.4, -0.2) is 36.0 Å². The van der Waals surface area contributed by atoms with Gasteiger partial charge < -0.3 is 29.0 Å². The fourth-order valence-electron chi connectivity index (χ4n) is 4.53. The number of anilines is 1. The Bertz CT molecular complexity index is 1340. The maximum absolute atomic E-state index is 5.89. The summed E-state index contributed by atoms with van der Waals surface area (Å²) >= 11 is 5.89. The van der Waals surface area contributed by atoms with Crippen molar-refractivity contribution in [1.29, 1.82) is 0 Å². The summed E-state index contributed by atoms with van der Waals surface area (Å²) in [6.07, 6.45) is 3.85. The molecule has 2 atom stereocenters. The number of nitrogens with zero attached hydrogens (tertiary/aromatic N) is 3. The second-order valence-electron chi connectivity index (χ2n) is 8.04. The third-order valence-electron chi connectivity index (χ3n) is 6.16. The fraction of sp³-hybridized carbons (Fsp3) is 0.185. The number of methoxy groups -OCH3 is 3. The molecule has 1 saturated heterocycles. The first kappa shape index (κ1) is 22.7. The summed E-state index contributed by atoms with van der Waals surface area (Å²) in [5.74, 6) is 2.16. The van der Waals surface area contributed by atoms with E-state index in [2.05, 4.69) is 31.9 Å². The van der Waals surface area contributed by atoms with Crippen LogP contribution in [0.25, 0.3) is 5.69 Å². The summed E-state index contributed by atoms with van der Waals surface area (Å²) in [5.41, 5.74) is 3.77. The van der Waals surface area contributed by atoms with E-state index >= 15 is 0 Å². The van der Waals surface area contributed by atoms with Crippen LogP contribution in [-0.2, 0) is 0 Å². The Labute approximate surface area is 209 Å². The minimum Gasteiger partial charge on any atom is -0.497 e. The van der Waals surface area contributed by atoms with Crippen LogP contribution in [0.1, 0.15) is 23.5 Å². The molecule has 7 nitrogen and oxygen atoms in total. The number of hydrogen-bond donors (Lipinski definition) is 1. The molecule has 4 aromatic rings. The minimum absolute atomic E-state index is 0.185. The standard InChI is InChI=1S/C27H26N4O3S/c1-32-19-9-6-8-18(16-19)30-15-7-11-23(30)26-25(21-10-4-5-14-28-21)29-27(35)31(26)22-13-12-20(33-2)17-24(22)34-3/h4-17,25-26H,1-3H3,(H,29,35)/t25-,26+/m0/s1. The van der Waals surface area contributed by atoms with Crippen molar-refractivity contribution in [3.8, 4) is 22.9 Å². The van der Waals surface area contributed by atoms with Crippen molar-refractivity contribution >= 4 is 23.0 Å². The van der Waals surface area contributed by atoms with Gasteiger partial charge in [0, 0.05) is 35.9 Å². The smallest absolute Gasteiger partial charge is 0.174 e. The normalized spacial score (nSPS) is 17.2. The van der Waals surface area contributed by atoms with Gasteiger partial charge in [0.15, 0.2) is 5.11 Å². The van der Waals surface area contributed by atoms with E-state index in [1.165, 1.54) is 0 Å². The second kappa shape index (κ2) is 9.68. The fourth-order valence-corrected chi connectivity index (χ4v) is 4.87. The summed E-state index contributed by atoms with van der Waals surface area (Å²) in [7, 11) is 4.95. The van der Waals surface area contributed by atoms with Crippen LogP contribution in [0.4, 0.5) is 5.69 Å². The third-order valence-corrected chi connectivity index (χ3v) is 6.47. The summed E-state index contributed by atoms with van der Waals surface area (Å²) in [4.78, 5) is 6.75. The first-order valence-corrected chi connectivity index (χ1v) is 11.6.